The minimum Gasteiger partial charge on any atom is -0.311 e. The van der Waals surface area contributed by atoms with E-state index in [9.17, 15) is 9.59 Å². The zero-order chi connectivity index (χ0) is 10.1. The van der Waals surface area contributed by atoms with Crippen LogP contribution < -0.4 is 11.2 Å². The van der Waals surface area contributed by atoms with Crippen LogP contribution in [0.5, 0.6) is 0 Å². The number of rotatable bonds is 2. The molecule has 0 atom stereocenters. The number of nitrogens with one attached hydrogen (secondary N) is 2. The average Bonchev–Trinajstić information content (AvgIpc) is 2.02. The van der Waals surface area contributed by atoms with Gasteiger partial charge in [0.15, 0.2) is 0 Å². The van der Waals surface area contributed by atoms with E-state index in [-0.39, 0.29) is 11.0 Å². The molecule has 13 heavy (non-hydrogen) atoms. The molecule has 0 radical (unpaired) electrons. The average molecular weight is 182 g/mol. The van der Waals surface area contributed by atoms with Crippen LogP contribution in [0.2, 0.25) is 0 Å². The fourth-order valence-corrected chi connectivity index (χ4v) is 1.02. The Balaban J connectivity index is 3.31. The van der Waals surface area contributed by atoms with Gasteiger partial charge in [0.25, 0.3) is 5.56 Å². The monoisotopic (exact) mass is 182 g/mol. The Kier molecular flexibility index (Phi) is 2.40. The van der Waals surface area contributed by atoms with Crippen LogP contribution in [0.1, 0.15) is 32.9 Å². The molecule has 0 saturated carbocycles. The maximum absolute atomic E-state index is 11.0. The second kappa shape index (κ2) is 3.20. The molecule has 0 aliphatic carbocycles. The van der Waals surface area contributed by atoms with E-state index < -0.39 is 5.69 Å². The van der Waals surface area contributed by atoms with Gasteiger partial charge in [-0.15, -0.1) is 0 Å². The molecule has 2 N–H and O–H groups in total. The second-order valence-electron chi connectivity index (χ2n) is 3.74. The maximum atomic E-state index is 11.0. The van der Waals surface area contributed by atoms with Crippen LogP contribution in [0, 0.1) is 0 Å². The third-order valence-electron chi connectivity index (χ3n) is 2.37. The molecule has 0 saturated heterocycles. The SMILES string of the molecule is CCC(C)(C)c1cc(=O)[nH]c(=O)[nH]1. The van der Waals surface area contributed by atoms with Crippen molar-refractivity contribution in [1.82, 2.24) is 9.97 Å². The molecule has 4 nitrogen and oxygen atoms in total. The number of aromatic nitrogens is 2. The normalized spacial score (nSPS) is 11.6. The van der Waals surface area contributed by atoms with Crippen LogP contribution in [-0.2, 0) is 5.41 Å². The van der Waals surface area contributed by atoms with E-state index in [0.717, 1.165) is 6.42 Å². The molecule has 4 heteroatoms. The van der Waals surface area contributed by atoms with E-state index >= 15 is 0 Å². The van der Waals surface area contributed by atoms with Gasteiger partial charge >= 0.3 is 5.69 Å². The molecule has 1 aromatic heterocycles. The molecule has 0 bridgehead atoms. The summed E-state index contributed by atoms with van der Waals surface area (Å²) < 4.78 is 0. The summed E-state index contributed by atoms with van der Waals surface area (Å²) in [6, 6.07) is 1.44. The van der Waals surface area contributed by atoms with Gasteiger partial charge in [0.2, 0.25) is 0 Å². The Labute approximate surface area is 76.0 Å². The fourth-order valence-electron chi connectivity index (χ4n) is 1.02. The highest BCUT2D eigenvalue weighted by atomic mass is 16.2. The largest absolute Gasteiger partial charge is 0.325 e. The molecule has 0 amide bonds. The second-order valence-corrected chi connectivity index (χ2v) is 3.74. The van der Waals surface area contributed by atoms with E-state index in [1.54, 1.807) is 0 Å². The molecule has 0 aliphatic heterocycles. The highest BCUT2D eigenvalue weighted by Gasteiger charge is 2.19. The van der Waals surface area contributed by atoms with Crippen molar-refractivity contribution in [2.45, 2.75) is 32.6 Å². The van der Waals surface area contributed by atoms with Crippen molar-refractivity contribution in [2.24, 2.45) is 0 Å². The lowest BCUT2D eigenvalue weighted by Gasteiger charge is -2.21. The lowest BCUT2D eigenvalue weighted by molar-refractivity contribution is 0.486. The standard InChI is InChI=1S/C9H14N2O2/c1-4-9(2,3)6-5-7(12)11-8(13)10-6/h5H,4H2,1-3H3,(H2,10,11,12,13). The van der Waals surface area contributed by atoms with Crippen LogP contribution >= 0.6 is 0 Å². The summed E-state index contributed by atoms with van der Waals surface area (Å²) in [6.07, 6.45) is 0.867. The molecule has 1 aromatic rings. The molecule has 1 heterocycles. The summed E-state index contributed by atoms with van der Waals surface area (Å²) >= 11 is 0. The van der Waals surface area contributed by atoms with Gasteiger partial charge in [-0.05, 0) is 6.42 Å². The summed E-state index contributed by atoms with van der Waals surface area (Å²) in [5.41, 5.74) is -0.263. The Hall–Kier alpha value is -1.32. The van der Waals surface area contributed by atoms with Gasteiger partial charge < -0.3 is 4.98 Å². The summed E-state index contributed by atoms with van der Waals surface area (Å²) in [4.78, 5) is 26.7. The van der Waals surface area contributed by atoms with E-state index in [2.05, 4.69) is 9.97 Å². The summed E-state index contributed by atoms with van der Waals surface area (Å²) in [6.45, 7) is 5.98. The first-order valence-corrected chi connectivity index (χ1v) is 4.30. The predicted molar refractivity (Wildman–Crippen MR) is 51.0 cm³/mol. The van der Waals surface area contributed by atoms with E-state index in [1.165, 1.54) is 6.07 Å². The van der Waals surface area contributed by atoms with Crippen LogP contribution in [0.3, 0.4) is 0 Å². The minimum atomic E-state index is -0.441. The van der Waals surface area contributed by atoms with E-state index in [4.69, 9.17) is 0 Å². The van der Waals surface area contributed by atoms with Gasteiger partial charge in [0.05, 0.1) is 0 Å². The van der Waals surface area contributed by atoms with Crippen molar-refractivity contribution >= 4 is 0 Å². The molecular weight excluding hydrogens is 168 g/mol. The minimum absolute atomic E-state index is 0.159. The molecule has 0 aliphatic rings. The van der Waals surface area contributed by atoms with Gasteiger partial charge in [0.1, 0.15) is 0 Å². The number of hydrogen-bond donors (Lipinski definition) is 2. The van der Waals surface area contributed by atoms with Crippen LogP contribution in [0.25, 0.3) is 0 Å². The number of hydrogen-bond acceptors (Lipinski definition) is 2. The van der Waals surface area contributed by atoms with Crippen molar-refractivity contribution in [1.29, 1.82) is 0 Å². The van der Waals surface area contributed by atoms with Crippen LogP contribution in [-0.4, -0.2) is 9.97 Å². The first-order valence-electron chi connectivity index (χ1n) is 4.30. The van der Waals surface area contributed by atoms with Gasteiger partial charge in [-0.1, -0.05) is 20.8 Å². The highest BCUT2D eigenvalue weighted by molar-refractivity contribution is 5.11. The Morgan fingerprint density at radius 3 is 2.38 bits per heavy atom. The van der Waals surface area contributed by atoms with Crippen molar-refractivity contribution in [3.05, 3.63) is 32.6 Å². The quantitative estimate of drug-likeness (QED) is 0.708. The van der Waals surface area contributed by atoms with Crippen molar-refractivity contribution in [2.75, 3.05) is 0 Å². The smallest absolute Gasteiger partial charge is 0.311 e. The first-order chi connectivity index (χ1) is 5.95. The van der Waals surface area contributed by atoms with E-state index in [0.29, 0.717) is 5.69 Å². The molecule has 0 aromatic carbocycles. The third-order valence-corrected chi connectivity index (χ3v) is 2.37. The summed E-state index contributed by atoms with van der Waals surface area (Å²) in [5.74, 6) is 0. The van der Waals surface area contributed by atoms with Crippen molar-refractivity contribution < 1.29 is 0 Å². The number of H-pyrrole nitrogens is 2. The molecule has 0 fully saturated rings. The molecule has 72 valence electrons. The molecule has 0 spiro atoms. The molecule has 0 unspecified atom stereocenters. The van der Waals surface area contributed by atoms with Crippen LogP contribution in [0.4, 0.5) is 0 Å². The predicted octanol–water partition coefficient (Wildman–Crippen LogP) is 0.751. The van der Waals surface area contributed by atoms with Gasteiger partial charge in [-0.3, -0.25) is 9.78 Å². The van der Waals surface area contributed by atoms with Gasteiger partial charge in [-0.25, -0.2) is 4.79 Å². The topological polar surface area (TPSA) is 65.7 Å². The lowest BCUT2D eigenvalue weighted by atomic mass is 9.86. The van der Waals surface area contributed by atoms with Gasteiger partial charge in [0, 0.05) is 17.2 Å². The zero-order valence-electron chi connectivity index (χ0n) is 8.10. The van der Waals surface area contributed by atoms with Crippen molar-refractivity contribution in [3.8, 4) is 0 Å². The van der Waals surface area contributed by atoms with Gasteiger partial charge in [-0.2, -0.15) is 0 Å². The van der Waals surface area contributed by atoms with Crippen LogP contribution in [0.15, 0.2) is 15.7 Å². The lowest BCUT2D eigenvalue weighted by Crippen LogP contribution is -2.29. The molecular formula is C9H14N2O2. The summed E-state index contributed by atoms with van der Waals surface area (Å²) in [7, 11) is 0. The fraction of sp³-hybridized carbons (Fsp3) is 0.556. The van der Waals surface area contributed by atoms with E-state index in [1.807, 2.05) is 20.8 Å². The maximum Gasteiger partial charge on any atom is 0.325 e. The first kappa shape index (κ1) is 9.77. The number of aromatic amines is 2. The third kappa shape index (κ3) is 2.08. The Morgan fingerprint density at radius 2 is 1.92 bits per heavy atom. The molecule has 1 rings (SSSR count). The Bertz CT molecular complexity index is 372. The van der Waals surface area contributed by atoms with Crippen molar-refractivity contribution in [3.63, 3.8) is 0 Å². The summed E-state index contributed by atoms with van der Waals surface area (Å²) in [5, 5.41) is 0. The Morgan fingerprint density at radius 1 is 1.31 bits per heavy atom. The zero-order valence-corrected chi connectivity index (χ0v) is 8.10. The highest BCUT2D eigenvalue weighted by Crippen LogP contribution is 2.22.